The van der Waals surface area contributed by atoms with Crippen LogP contribution in [0.25, 0.3) is 0 Å². The molecule has 21 heavy (non-hydrogen) atoms. The summed E-state index contributed by atoms with van der Waals surface area (Å²) in [5.41, 5.74) is 7.25. The van der Waals surface area contributed by atoms with E-state index in [9.17, 15) is 0 Å². The summed E-state index contributed by atoms with van der Waals surface area (Å²) in [4.78, 5) is 0. The van der Waals surface area contributed by atoms with Gasteiger partial charge in [0.25, 0.3) is 0 Å². The van der Waals surface area contributed by atoms with Crippen LogP contribution in [0.2, 0.25) is 0 Å². The maximum Gasteiger partial charge on any atom is 0.119 e. The first-order valence-corrected chi connectivity index (χ1v) is 8.52. The van der Waals surface area contributed by atoms with Crippen molar-refractivity contribution in [1.29, 1.82) is 0 Å². The molecule has 1 aliphatic carbocycles. The topological polar surface area (TPSA) is 47.3 Å². The summed E-state index contributed by atoms with van der Waals surface area (Å²) in [6.45, 7) is 3.53. The molecule has 0 radical (unpaired) electrons. The van der Waals surface area contributed by atoms with Crippen molar-refractivity contribution < 1.29 is 4.74 Å². The lowest BCUT2D eigenvalue weighted by molar-refractivity contribution is 0.316. The third kappa shape index (κ3) is 5.33. The largest absolute Gasteiger partial charge is 0.494 e. The minimum Gasteiger partial charge on any atom is -0.494 e. The van der Waals surface area contributed by atoms with Crippen molar-refractivity contribution in [1.82, 2.24) is 5.32 Å². The van der Waals surface area contributed by atoms with Gasteiger partial charge in [-0.3, -0.25) is 0 Å². The van der Waals surface area contributed by atoms with Crippen LogP contribution in [0.3, 0.4) is 0 Å². The number of hydrogen-bond acceptors (Lipinski definition) is 3. The van der Waals surface area contributed by atoms with Gasteiger partial charge in [0.1, 0.15) is 5.75 Å². The number of nitrogens with one attached hydrogen (secondary N) is 1. The highest BCUT2D eigenvalue weighted by Crippen LogP contribution is 2.23. The Balaban J connectivity index is 1.98. The molecular formula is C18H30N2O. The van der Waals surface area contributed by atoms with Crippen molar-refractivity contribution in [2.75, 3.05) is 13.2 Å². The average molecular weight is 290 g/mol. The fourth-order valence-electron chi connectivity index (χ4n) is 3.07. The maximum absolute atomic E-state index is 6.01. The Hall–Kier alpha value is -1.06. The van der Waals surface area contributed by atoms with E-state index >= 15 is 0 Å². The SMILES string of the molecule is CCCOc1cccc(C(CN)NC2CCCCCC2)c1. The van der Waals surface area contributed by atoms with E-state index in [-0.39, 0.29) is 6.04 Å². The normalized spacial score (nSPS) is 18.2. The quantitative estimate of drug-likeness (QED) is 0.751. The van der Waals surface area contributed by atoms with E-state index in [2.05, 4.69) is 30.4 Å². The fourth-order valence-corrected chi connectivity index (χ4v) is 3.07. The van der Waals surface area contributed by atoms with Crippen molar-refractivity contribution in [3.8, 4) is 5.75 Å². The Bertz CT molecular complexity index is 400. The third-order valence-electron chi connectivity index (χ3n) is 4.26. The molecule has 0 spiro atoms. The van der Waals surface area contributed by atoms with Crippen molar-refractivity contribution in [2.45, 2.75) is 64.0 Å². The van der Waals surface area contributed by atoms with Crippen LogP contribution in [0.15, 0.2) is 24.3 Å². The summed E-state index contributed by atoms with van der Waals surface area (Å²) >= 11 is 0. The summed E-state index contributed by atoms with van der Waals surface area (Å²) < 4.78 is 5.73. The van der Waals surface area contributed by atoms with Crippen LogP contribution in [-0.4, -0.2) is 19.2 Å². The number of benzene rings is 1. The molecule has 0 heterocycles. The Kier molecular flexibility index (Phi) is 7.04. The second kappa shape index (κ2) is 9.06. The zero-order valence-corrected chi connectivity index (χ0v) is 13.3. The van der Waals surface area contributed by atoms with Gasteiger partial charge in [0.05, 0.1) is 6.61 Å². The molecule has 3 N–H and O–H groups in total. The van der Waals surface area contributed by atoms with Gasteiger partial charge in [0.15, 0.2) is 0 Å². The molecule has 1 saturated carbocycles. The second-order valence-corrected chi connectivity index (χ2v) is 6.06. The van der Waals surface area contributed by atoms with Crippen molar-refractivity contribution in [3.05, 3.63) is 29.8 Å². The molecule has 118 valence electrons. The summed E-state index contributed by atoms with van der Waals surface area (Å²) in [5, 5.41) is 3.76. The average Bonchev–Trinajstić information content (AvgIpc) is 2.79. The van der Waals surface area contributed by atoms with Crippen molar-refractivity contribution in [3.63, 3.8) is 0 Å². The summed E-state index contributed by atoms with van der Waals surface area (Å²) in [5.74, 6) is 0.954. The first-order chi connectivity index (χ1) is 10.3. The predicted molar refractivity (Wildman–Crippen MR) is 88.6 cm³/mol. The first-order valence-electron chi connectivity index (χ1n) is 8.52. The van der Waals surface area contributed by atoms with Crippen molar-refractivity contribution in [2.24, 2.45) is 5.73 Å². The van der Waals surface area contributed by atoms with E-state index in [1.54, 1.807) is 0 Å². The van der Waals surface area contributed by atoms with E-state index in [0.717, 1.165) is 18.8 Å². The fraction of sp³-hybridized carbons (Fsp3) is 0.667. The summed E-state index contributed by atoms with van der Waals surface area (Å²) in [7, 11) is 0. The molecule has 1 aromatic carbocycles. The highest BCUT2D eigenvalue weighted by atomic mass is 16.5. The van der Waals surface area contributed by atoms with Gasteiger partial charge in [-0.1, -0.05) is 44.7 Å². The molecule has 0 bridgehead atoms. The van der Waals surface area contributed by atoms with E-state index in [4.69, 9.17) is 10.5 Å². The highest BCUT2D eigenvalue weighted by Gasteiger charge is 2.17. The van der Waals surface area contributed by atoms with Gasteiger partial charge in [-0.15, -0.1) is 0 Å². The lowest BCUT2D eigenvalue weighted by atomic mass is 10.0. The molecule has 1 unspecified atom stereocenters. The monoisotopic (exact) mass is 290 g/mol. The zero-order valence-electron chi connectivity index (χ0n) is 13.3. The van der Waals surface area contributed by atoms with Crippen LogP contribution < -0.4 is 15.8 Å². The molecule has 0 amide bonds. The maximum atomic E-state index is 6.01. The summed E-state index contributed by atoms with van der Waals surface area (Å²) in [6, 6.07) is 9.23. The second-order valence-electron chi connectivity index (χ2n) is 6.06. The highest BCUT2D eigenvalue weighted by molar-refractivity contribution is 5.31. The minimum atomic E-state index is 0.235. The summed E-state index contributed by atoms with van der Waals surface area (Å²) in [6.07, 6.45) is 9.04. The van der Waals surface area contributed by atoms with Gasteiger partial charge in [0, 0.05) is 18.6 Å². The zero-order chi connectivity index (χ0) is 14.9. The first kappa shape index (κ1) is 16.3. The van der Waals surface area contributed by atoms with Gasteiger partial charge < -0.3 is 15.8 Å². The van der Waals surface area contributed by atoms with Crippen molar-refractivity contribution >= 4 is 0 Å². The molecule has 0 aliphatic heterocycles. The number of rotatable bonds is 7. The number of nitrogens with two attached hydrogens (primary N) is 1. The molecule has 1 atom stereocenters. The molecule has 2 rings (SSSR count). The van der Waals surface area contributed by atoms with Crippen LogP contribution in [-0.2, 0) is 0 Å². The molecule has 3 nitrogen and oxygen atoms in total. The van der Waals surface area contributed by atoms with E-state index in [0.29, 0.717) is 12.6 Å². The predicted octanol–water partition coefficient (Wildman–Crippen LogP) is 3.79. The van der Waals surface area contributed by atoms with Gasteiger partial charge in [0.2, 0.25) is 0 Å². The molecule has 1 fully saturated rings. The Morgan fingerprint density at radius 2 is 2.00 bits per heavy atom. The molecule has 0 aromatic heterocycles. The van der Waals surface area contributed by atoms with Gasteiger partial charge in [-0.05, 0) is 37.0 Å². The molecule has 1 aliphatic rings. The van der Waals surface area contributed by atoms with E-state index in [1.165, 1.54) is 44.1 Å². The molecule has 3 heteroatoms. The smallest absolute Gasteiger partial charge is 0.119 e. The minimum absolute atomic E-state index is 0.235. The van der Waals surface area contributed by atoms with Crippen LogP contribution in [0.1, 0.15) is 63.5 Å². The van der Waals surface area contributed by atoms with Crippen LogP contribution in [0.4, 0.5) is 0 Å². The Labute approximate surface area is 129 Å². The molecular weight excluding hydrogens is 260 g/mol. The number of ether oxygens (including phenoxy) is 1. The molecule has 0 saturated heterocycles. The van der Waals surface area contributed by atoms with Crippen LogP contribution in [0, 0.1) is 0 Å². The number of hydrogen-bond donors (Lipinski definition) is 2. The van der Waals surface area contributed by atoms with Crippen LogP contribution >= 0.6 is 0 Å². The lowest BCUT2D eigenvalue weighted by Crippen LogP contribution is -2.36. The van der Waals surface area contributed by atoms with Gasteiger partial charge >= 0.3 is 0 Å². The van der Waals surface area contributed by atoms with E-state index < -0.39 is 0 Å². The Morgan fingerprint density at radius 3 is 2.67 bits per heavy atom. The van der Waals surface area contributed by atoms with E-state index in [1.807, 2.05) is 6.07 Å². The van der Waals surface area contributed by atoms with Gasteiger partial charge in [-0.25, -0.2) is 0 Å². The lowest BCUT2D eigenvalue weighted by Gasteiger charge is -2.24. The Morgan fingerprint density at radius 1 is 1.24 bits per heavy atom. The van der Waals surface area contributed by atoms with Crippen LogP contribution in [0.5, 0.6) is 5.75 Å². The third-order valence-corrected chi connectivity index (χ3v) is 4.26. The van der Waals surface area contributed by atoms with Gasteiger partial charge in [-0.2, -0.15) is 0 Å². The molecule has 1 aromatic rings. The standard InChI is InChI=1S/C18H30N2O/c1-2-12-21-17-11-7-8-15(13-17)18(14-19)20-16-9-5-3-4-6-10-16/h7-8,11,13,16,18,20H,2-6,9-10,12,14,19H2,1H3.